The Balaban J connectivity index is 2.08. The molecule has 0 aromatic heterocycles. The minimum atomic E-state index is -0.413. The van der Waals surface area contributed by atoms with Gasteiger partial charge in [0.25, 0.3) is 0 Å². The lowest BCUT2D eigenvalue weighted by molar-refractivity contribution is -0.133. The zero-order valence-corrected chi connectivity index (χ0v) is 12.7. The van der Waals surface area contributed by atoms with Crippen molar-refractivity contribution in [3.05, 3.63) is 29.8 Å². The predicted molar refractivity (Wildman–Crippen MR) is 80.6 cm³/mol. The van der Waals surface area contributed by atoms with E-state index in [1.165, 1.54) is 10.5 Å². The standard InChI is InChI=1S/C15H22N2OS/c1-12-6-4-5-7-13(12)19-15(2,3)14(18)17-10-8-16-9-11-17/h4-7,16H,8-11H2,1-3H3. The maximum Gasteiger partial charge on any atom is 0.238 e. The van der Waals surface area contributed by atoms with E-state index in [0.29, 0.717) is 0 Å². The molecule has 3 nitrogen and oxygen atoms in total. The summed E-state index contributed by atoms with van der Waals surface area (Å²) in [6, 6.07) is 8.24. The maximum absolute atomic E-state index is 12.6. The van der Waals surface area contributed by atoms with E-state index in [0.717, 1.165) is 26.2 Å². The molecule has 0 unspecified atom stereocenters. The van der Waals surface area contributed by atoms with Gasteiger partial charge in [0.2, 0.25) is 5.91 Å². The van der Waals surface area contributed by atoms with E-state index in [1.54, 1.807) is 11.8 Å². The fraction of sp³-hybridized carbons (Fsp3) is 0.533. The van der Waals surface area contributed by atoms with E-state index in [-0.39, 0.29) is 5.91 Å². The number of amides is 1. The first-order chi connectivity index (χ1) is 9.00. The van der Waals surface area contributed by atoms with E-state index in [2.05, 4.69) is 24.4 Å². The number of benzene rings is 1. The molecule has 1 saturated heterocycles. The summed E-state index contributed by atoms with van der Waals surface area (Å²) in [7, 11) is 0. The van der Waals surface area contributed by atoms with Gasteiger partial charge in [-0.05, 0) is 32.4 Å². The molecule has 1 aromatic carbocycles. The number of aryl methyl sites for hydroxylation is 1. The Kier molecular flexibility index (Phi) is 4.53. The van der Waals surface area contributed by atoms with Gasteiger partial charge < -0.3 is 10.2 Å². The molecule has 1 aromatic rings. The molecule has 1 heterocycles. The van der Waals surface area contributed by atoms with Crippen LogP contribution in [0.3, 0.4) is 0 Å². The van der Waals surface area contributed by atoms with Crippen LogP contribution in [0.25, 0.3) is 0 Å². The number of hydrogen-bond donors (Lipinski definition) is 1. The molecule has 0 bridgehead atoms. The Bertz CT molecular complexity index is 453. The number of rotatable bonds is 3. The third-order valence-electron chi connectivity index (χ3n) is 3.38. The van der Waals surface area contributed by atoms with Gasteiger partial charge in [0.05, 0.1) is 4.75 Å². The van der Waals surface area contributed by atoms with Crippen molar-refractivity contribution >= 4 is 17.7 Å². The largest absolute Gasteiger partial charge is 0.339 e. The van der Waals surface area contributed by atoms with E-state index < -0.39 is 4.75 Å². The molecule has 1 N–H and O–H groups in total. The SMILES string of the molecule is Cc1ccccc1SC(C)(C)C(=O)N1CCNCC1. The van der Waals surface area contributed by atoms with Crippen LogP contribution in [-0.2, 0) is 4.79 Å². The Labute approximate surface area is 119 Å². The van der Waals surface area contributed by atoms with E-state index in [9.17, 15) is 4.79 Å². The highest BCUT2D eigenvalue weighted by atomic mass is 32.2. The topological polar surface area (TPSA) is 32.3 Å². The fourth-order valence-electron chi connectivity index (χ4n) is 2.24. The third kappa shape index (κ3) is 3.51. The van der Waals surface area contributed by atoms with Crippen molar-refractivity contribution < 1.29 is 4.79 Å². The number of hydrogen-bond acceptors (Lipinski definition) is 3. The number of thioether (sulfide) groups is 1. The highest BCUT2D eigenvalue weighted by molar-refractivity contribution is 8.01. The summed E-state index contributed by atoms with van der Waals surface area (Å²) in [5.41, 5.74) is 1.23. The zero-order valence-electron chi connectivity index (χ0n) is 11.9. The molecule has 104 valence electrons. The molecule has 1 fully saturated rings. The van der Waals surface area contributed by atoms with Crippen molar-refractivity contribution in [1.29, 1.82) is 0 Å². The molecule has 1 aliphatic heterocycles. The van der Waals surface area contributed by atoms with Crippen LogP contribution in [0.15, 0.2) is 29.2 Å². The van der Waals surface area contributed by atoms with Crippen molar-refractivity contribution in [2.75, 3.05) is 26.2 Å². The summed E-state index contributed by atoms with van der Waals surface area (Å²) in [6.45, 7) is 9.57. The third-order valence-corrected chi connectivity index (χ3v) is 4.74. The van der Waals surface area contributed by atoms with Crippen LogP contribution in [0.5, 0.6) is 0 Å². The predicted octanol–water partition coefficient (Wildman–Crippen LogP) is 2.30. The van der Waals surface area contributed by atoms with Gasteiger partial charge in [0.15, 0.2) is 0 Å². The molecule has 0 atom stereocenters. The van der Waals surface area contributed by atoms with Gasteiger partial charge in [-0.3, -0.25) is 4.79 Å². The van der Waals surface area contributed by atoms with Crippen LogP contribution in [0, 0.1) is 6.92 Å². The molecule has 0 spiro atoms. The lowest BCUT2D eigenvalue weighted by Gasteiger charge is -2.34. The number of carbonyl (C=O) groups excluding carboxylic acids is 1. The summed E-state index contributed by atoms with van der Waals surface area (Å²) in [5.74, 6) is 0.238. The number of carbonyl (C=O) groups is 1. The van der Waals surface area contributed by atoms with Gasteiger partial charge in [-0.2, -0.15) is 0 Å². The molecule has 0 saturated carbocycles. The highest BCUT2D eigenvalue weighted by Gasteiger charge is 2.33. The number of piperazine rings is 1. The lowest BCUT2D eigenvalue weighted by atomic mass is 10.1. The van der Waals surface area contributed by atoms with Crippen molar-refractivity contribution in [1.82, 2.24) is 10.2 Å². The molecule has 19 heavy (non-hydrogen) atoms. The van der Waals surface area contributed by atoms with Gasteiger partial charge in [-0.1, -0.05) is 18.2 Å². The first kappa shape index (κ1) is 14.4. The summed E-state index contributed by atoms with van der Waals surface area (Å²) >= 11 is 1.66. The molecule has 0 aliphatic carbocycles. The normalized spacial score (nSPS) is 16.5. The van der Waals surface area contributed by atoms with Crippen molar-refractivity contribution in [3.63, 3.8) is 0 Å². The van der Waals surface area contributed by atoms with Crippen LogP contribution < -0.4 is 5.32 Å². The molecule has 0 radical (unpaired) electrons. The van der Waals surface area contributed by atoms with Crippen LogP contribution in [-0.4, -0.2) is 41.7 Å². The van der Waals surface area contributed by atoms with Crippen molar-refractivity contribution in [2.45, 2.75) is 30.4 Å². The zero-order chi connectivity index (χ0) is 13.9. The van der Waals surface area contributed by atoms with Crippen LogP contribution >= 0.6 is 11.8 Å². The molecule has 4 heteroatoms. The second-order valence-corrected chi connectivity index (χ2v) is 7.08. The molecular weight excluding hydrogens is 256 g/mol. The monoisotopic (exact) mass is 278 g/mol. The molecular formula is C15H22N2OS. The first-order valence-corrected chi connectivity index (χ1v) is 7.57. The van der Waals surface area contributed by atoms with Gasteiger partial charge >= 0.3 is 0 Å². The fourth-order valence-corrected chi connectivity index (χ4v) is 3.38. The first-order valence-electron chi connectivity index (χ1n) is 6.75. The summed E-state index contributed by atoms with van der Waals surface area (Å²) in [6.07, 6.45) is 0. The molecule has 1 amide bonds. The molecule has 1 aliphatic rings. The Hall–Kier alpha value is -1.00. The van der Waals surface area contributed by atoms with Crippen LogP contribution in [0.4, 0.5) is 0 Å². The van der Waals surface area contributed by atoms with Gasteiger partial charge in [0.1, 0.15) is 0 Å². The van der Waals surface area contributed by atoms with Crippen LogP contribution in [0.2, 0.25) is 0 Å². The van der Waals surface area contributed by atoms with E-state index in [4.69, 9.17) is 0 Å². The Morgan fingerprint density at radius 3 is 2.53 bits per heavy atom. The van der Waals surface area contributed by atoms with E-state index in [1.807, 2.05) is 30.9 Å². The van der Waals surface area contributed by atoms with Gasteiger partial charge in [-0.15, -0.1) is 11.8 Å². The minimum absolute atomic E-state index is 0.238. The quantitative estimate of drug-likeness (QED) is 0.861. The number of nitrogens with zero attached hydrogens (tertiary/aromatic N) is 1. The van der Waals surface area contributed by atoms with Gasteiger partial charge in [0, 0.05) is 31.1 Å². The summed E-state index contributed by atoms with van der Waals surface area (Å²) < 4.78 is -0.413. The van der Waals surface area contributed by atoms with Crippen molar-refractivity contribution in [2.24, 2.45) is 0 Å². The van der Waals surface area contributed by atoms with Crippen LogP contribution in [0.1, 0.15) is 19.4 Å². The average Bonchev–Trinajstić information content (AvgIpc) is 2.41. The molecule has 2 rings (SSSR count). The Morgan fingerprint density at radius 1 is 1.26 bits per heavy atom. The Morgan fingerprint density at radius 2 is 1.89 bits per heavy atom. The lowest BCUT2D eigenvalue weighted by Crippen LogP contribution is -2.51. The summed E-state index contributed by atoms with van der Waals surface area (Å²) in [5, 5.41) is 3.28. The van der Waals surface area contributed by atoms with Gasteiger partial charge in [-0.25, -0.2) is 0 Å². The van der Waals surface area contributed by atoms with E-state index >= 15 is 0 Å². The second-order valence-electron chi connectivity index (χ2n) is 5.42. The maximum atomic E-state index is 12.6. The highest BCUT2D eigenvalue weighted by Crippen LogP contribution is 2.35. The van der Waals surface area contributed by atoms with Crippen molar-refractivity contribution in [3.8, 4) is 0 Å². The second kappa shape index (κ2) is 5.97. The smallest absolute Gasteiger partial charge is 0.238 e. The minimum Gasteiger partial charge on any atom is -0.339 e. The average molecular weight is 278 g/mol. The number of nitrogens with one attached hydrogen (secondary N) is 1. The summed E-state index contributed by atoms with van der Waals surface area (Å²) in [4.78, 5) is 15.8.